The van der Waals surface area contributed by atoms with Crippen molar-refractivity contribution in [3.8, 4) is 5.75 Å². The van der Waals surface area contributed by atoms with E-state index in [9.17, 15) is 4.79 Å². The minimum absolute atomic E-state index is 0.0274. The summed E-state index contributed by atoms with van der Waals surface area (Å²) in [6.45, 7) is 1.09. The lowest BCUT2D eigenvalue weighted by Gasteiger charge is -2.29. The molecule has 4 rings (SSSR count). The van der Waals surface area contributed by atoms with Gasteiger partial charge in [0.25, 0.3) is 5.91 Å². The van der Waals surface area contributed by atoms with E-state index >= 15 is 0 Å². The van der Waals surface area contributed by atoms with Crippen molar-refractivity contribution in [1.29, 1.82) is 0 Å². The average molecular weight is 465 g/mol. The molecule has 2 atom stereocenters. The molecule has 2 aromatic carbocycles. The lowest BCUT2D eigenvalue weighted by atomic mass is 9.93. The van der Waals surface area contributed by atoms with Gasteiger partial charge in [-0.05, 0) is 54.7 Å². The highest BCUT2D eigenvalue weighted by Gasteiger charge is 2.28. The van der Waals surface area contributed by atoms with Crippen LogP contribution in [0.2, 0.25) is 0 Å². The summed E-state index contributed by atoms with van der Waals surface area (Å²) < 4.78 is 17.1. The van der Waals surface area contributed by atoms with Crippen LogP contribution < -0.4 is 10.1 Å². The van der Waals surface area contributed by atoms with E-state index in [0.717, 1.165) is 34.2 Å². The highest BCUT2D eigenvalue weighted by Crippen LogP contribution is 2.31. The van der Waals surface area contributed by atoms with Crippen molar-refractivity contribution < 1.29 is 24.1 Å². The first-order valence-corrected chi connectivity index (χ1v) is 11.8. The summed E-state index contributed by atoms with van der Waals surface area (Å²) in [5, 5.41) is 13.1. The highest BCUT2D eigenvalue weighted by atomic mass is 16.7. The van der Waals surface area contributed by atoms with E-state index in [-0.39, 0.29) is 24.2 Å². The Morgan fingerprint density at radius 3 is 2.85 bits per heavy atom. The van der Waals surface area contributed by atoms with Crippen molar-refractivity contribution in [2.24, 2.45) is 0 Å². The zero-order chi connectivity index (χ0) is 23.8. The number of carbonyl (C=O) groups is 1. The molecule has 180 valence electrons. The Kier molecular flexibility index (Phi) is 8.22. The molecule has 2 heterocycles. The summed E-state index contributed by atoms with van der Waals surface area (Å²) in [5.74, 6) is 0.865. The minimum Gasteiger partial charge on any atom is -0.497 e. The number of amides is 1. The van der Waals surface area contributed by atoms with Crippen molar-refractivity contribution >= 4 is 16.8 Å². The summed E-state index contributed by atoms with van der Waals surface area (Å²) in [6, 6.07) is 16.0. The molecule has 7 nitrogen and oxygen atoms in total. The summed E-state index contributed by atoms with van der Waals surface area (Å²) in [5.41, 5.74) is 3.26. The van der Waals surface area contributed by atoms with Crippen LogP contribution in [-0.4, -0.2) is 49.2 Å². The molecule has 0 saturated carbocycles. The van der Waals surface area contributed by atoms with Gasteiger partial charge in [-0.3, -0.25) is 4.79 Å². The number of aromatic amines is 1. The zero-order valence-corrected chi connectivity index (χ0v) is 19.5. The second kappa shape index (κ2) is 11.7. The molecule has 0 bridgehead atoms. The first-order valence-electron chi connectivity index (χ1n) is 11.8. The maximum absolute atomic E-state index is 13.0. The Bertz CT molecular complexity index is 1110. The number of aromatic nitrogens is 1. The second-order valence-electron chi connectivity index (χ2n) is 8.36. The van der Waals surface area contributed by atoms with Gasteiger partial charge in [-0.25, -0.2) is 0 Å². The topological polar surface area (TPSA) is 92.8 Å². The predicted molar refractivity (Wildman–Crippen MR) is 131 cm³/mol. The second-order valence-corrected chi connectivity index (χ2v) is 8.36. The molecule has 1 aliphatic heterocycles. The largest absolute Gasteiger partial charge is 0.497 e. The van der Waals surface area contributed by atoms with E-state index < -0.39 is 6.29 Å². The third-order valence-corrected chi connectivity index (χ3v) is 6.02. The van der Waals surface area contributed by atoms with Crippen molar-refractivity contribution in [3.63, 3.8) is 0 Å². The van der Waals surface area contributed by atoms with E-state index in [1.54, 1.807) is 7.11 Å². The predicted octanol–water partition coefficient (Wildman–Crippen LogP) is 4.04. The number of hydrogen-bond acceptors (Lipinski definition) is 5. The van der Waals surface area contributed by atoms with Crippen LogP contribution in [0.4, 0.5) is 0 Å². The lowest BCUT2D eigenvalue weighted by molar-refractivity contribution is -0.146. The first kappa shape index (κ1) is 23.9. The number of ether oxygens (including phenoxy) is 3. The van der Waals surface area contributed by atoms with Gasteiger partial charge in [-0.15, -0.1) is 0 Å². The van der Waals surface area contributed by atoms with E-state index in [2.05, 4.69) is 22.4 Å². The smallest absolute Gasteiger partial charge is 0.286 e. The van der Waals surface area contributed by atoms with Gasteiger partial charge < -0.3 is 29.6 Å². The minimum atomic E-state index is -0.504. The van der Waals surface area contributed by atoms with Gasteiger partial charge in [-0.2, -0.15) is 0 Å². The molecule has 34 heavy (non-hydrogen) atoms. The molecular formula is C27H32N2O5. The van der Waals surface area contributed by atoms with Crippen molar-refractivity contribution in [3.05, 3.63) is 77.7 Å². The van der Waals surface area contributed by atoms with E-state index in [1.165, 1.54) is 0 Å². The standard InChI is InChI=1S/C27H32N2O5/c1-32-22-9-10-24-23(17-22)20(18-29-24)11-12-28-27(31)25-15-21(19-7-3-2-4-8-19)16-26(34-25)33-14-6-5-13-30/h2-4,7-10,15,17-18,21,26,29-30H,5-6,11-14,16H2,1H3,(H,28,31)/t21-,26+/m0/s1. The zero-order valence-electron chi connectivity index (χ0n) is 19.5. The van der Waals surface area contributed by atoms with Gasteiger partial charge in [0.2, 0.25) is 6.29 Å². The third-order valence-electron chi connectivity index (χ3n) is 6.02. The van der Waals surface area contributed by atoms with E-state index in [0.29, 0.717) is 32.4 Å². The highest BCUT2D eigenvalue weighted by molar-refractivity contribution is 5.92. The number of benzene rings is 2. The van der Waals surface area contributed by atoms with Crippen LogP contribution in [0.25, 0.3) is 10.9 Å². The van der Waals surface area contributed by atoms with E-state index in [4.69, 9.17) is 19.3 Å². The fraction of sp³-hybridized carbons (Fsp3) is 0.370. The molecule has 3 aromatic rings. The molecule has 0 aliphatic carbocycles. The number of rotatable bonds is 11. The molecule has 1 amide bonds. The monoisotopic (exact) mass is 464 g/mol. The summed E-state index contributed by atoms with van der Waals surface area (Å²) in [7, 11) is 1.65. The third kappa shape index (κ3) is 5.98. The number of fused-ring (bicyclic) bond motifs is 1. The first-order chi connectivity index (χ1) is 16.7. The number of unbranched alkanes of at least 4 members (excludes halogenated alkanes) is 1. The number of aliphatic hydroxyl groups excluding tert-OH is 1. The quantitative estimate of drug-likeness (QED) is 0.373. The number of allylic oxidation sites excluding steroid dienone is 1. The Hall–Kier alpha value is -3.29. The molecule has 0 radical (unpaired) electrons. The number of aliphatic hydroxyl groups is 1. The van der Waals surface area contributed by atoms with Gasteiger partial charge in [0.05, 0.1) is 13.7 Å². The van der Waals surface area contributed by atoms with Gasteiger partial charge in [-0.1, -0.05) is 30.3 Å². The number of methoxy groups -OCH3 is 1. The van der Waals surface area contributed by atoms with Crippen LogP contribution >= 0.6 is 0 Å². The van der Waals surface area contributed by atoms with Crippen LogP contribution in [0.5, 0.6) is 5.75 Å². The van der Waals surface area contributed by atoms with Crippen molar-refractivity contribution in [2.75, 3.05) is 26.9 Å². The molecule has 0 spiro atoms. The van der Waals surface area contributed by atoms with Crippen molar-refractivity contribution in [2.45, 2.75) is 37.9 Å². The number of carbonyl (C=O) groups excluding carboxylic acids is 1. The van der Waals surface area contributed by atoms with Gasteiger partial charge in [0.15, 0.2) is 5.76 Å². The number of hydrogen-bond donors (Lipinski definition) is 3. The molecular weight excluding hydrogens is 432 g/mol. The average Bonchev–Trinajstić information content (AvgIpc) is 3.29. The van der Waals surface area contributed by atoms with Crippen LogP contribution in [0.15, 0.2) is 66.6 Å². The van der Waals surface area contributed by atoms with Crippen LogP contribution in [-0.2, 0) is 20.7 Å². The Morgan fingerprint density at radius 2 is 2.06 bits per heavy atom. The Balaban J connectivity index is 1.40. The van der Waals surface area contributed by atoms with Crippen molar-refractivity contribution in [1.82, 2.24) is 10.3 Å². The normalized spacial score (nSPS) is 17.8. The maximum Gasteiger partial charge on any atom is 0.286 e. The molecule has 1 aromatic heterocycles. The molecule has 0 unspecified atom stereocenters. The van der Waals surface area contributed by atoms with E-state index in [1.807, 2.05) is 48.7 Å². The van der Waals surface area contributed by atoms with Crippen LogP contribution in [0.3, 0.4) is 0 Å². The van der Waals surface area contributed by atoms with Gasteiger partial charge in [0, 0.05) is 42.6 Å². The Morgan fingerprint density at radius 1 is 1.21 bits per heavy atom. The fourth-order valence-electron chi connectivity index (χ4n) is 4.17. The summed E-state index contributed by atoms with van der Waals surface area (Å²) in [6.07, 6.45) is 6.08. The number of H-pyrrole nitrogens is 1. The summed E-state index contributed by atoms with van der Waals surface area (Å²) >= 11 is 0. The molecule has 1 aliphatic rings. The maximum atomic E-state index is 13.0. The molecule has 0 saturated heterocycles. The van der Waals surface area contributed by atoms with Crippen LogP contribution in [0, 0.1) is 0 Å². The fourth-order valence-corrected chi connectivity index (χ4v) is 4.17. The molecule has 0 fully saturated rings. The lowest BCUT2D eigenvalue weighted by Crippen LogP contribution is -2.34. The molecule has 3 N–H and O–H groups in total. The SMILES string of the molecule is COc1ccc2[nH]cc(CCNC(=O)C3=C[C@H](c4ccccc4)C[C@H](OCCCCO)O3)c2c1. The summed E-state index contributed by atoms with van der Waals surface area (Å²) in [4.78, 5) is 16.2. The molecule has 7 heteroatoms. The van der Waals surface area contributed by atoms with Crippen LogP contribution in [0.1, 0.15) is 36.3 Å². The van der Waals surface area contributed by atoms with Gasteiger partial charge >= 0.3 is 0 Å². The Labute approximate surface area is 199 Å². The number of nitrogens with one attached hydrogen (secondary N) is 2. The van der Waals surface area contributed by atoms with Gasteiger partial charge in [0.1, 0.15) is 5.75 Å².